The molecular weight excluding hydrogens is 551 g/mol. The van der Waals surface area contributed by atoms with Crippen LogP contribution in [-0.4, -0.2) is 19.1 Å². The summed E-state index contributed by atoms with van der Waals surface area (Å²) in [4.78, 5) is 12.4. The Bertz CT molecular complexity index is 1160. The SMILES string of the molecule is CCOc1cc(CNc2ccc(Br)c(Cl)c2)cc(Cl)c1OCC(=O)Nc1ccc(C)c(Cl)c1. The van der Waals surface area contributed by atoms with E-state index in [0.717, 1.165) is 21.3 Å². The summed E-state index contributed by atoms with van der Waals surface area (Å²) in [6.45, 7) is 4.43. The zero-order valence-corrected chi connectivity index (χ0v) is 21.8. The number of aryl methyl sites for hydroxylation is 1. The molecule has 0 saturated carbocycles. The lowest BCUT2D eigenvalue weighted by Gasteiger charge is -2.16. The van der Waals surface area contributed by atoms with Gasteiger partial charge in [-0.05, 0) is 83.4 Å². The van der Waals surface area contributed by atoms with Crippen molar-refractivity contribution in [2.75, 3.05) is 23.8 Å². The number of anilines is 2. The van der Waals surface area contributed by atoms with Gasteiger partial charge in [-0.1, -0.05) is 40.9 Å². The molecule has 0 aromatic heterocycles. The lowest BCUT2D eigenvalue weighted by Crippen LogP contribution is -2.20. The zero-order valence-electron chi connectivity index (χ0n) is 18.0. The summed E-state index contributed by atoms with van der Waals surface area (Å²) in [5.74, 6) is 0.430. The Morgan fingerprint density at radius 3 is 2.36 bits per heavy atom. The van der Waals surface area contributed by atoms with Crippen LogP contribution in [0.15, 0.2) is 53.0 Å². The standard InChI is InChI=1S/C24H22BrCl3N2O3/c1-3-32-22-9-15(12-29-16-6-7-18(25)20(27)10-16)8-21(28)24(22)33-13-23(31)30-17-5-4-14(2)19(26)11-17/h4-11,29H,3,12-13H2,1-2H3,(H,30,31). The van der Waals surface area contributed by atoms with Crippen molar-refractivity contribution in [1.29, 1.82) is 0 Å². The van der Waals surface area contributed by atoms with Gasteiger partial charge in [0.15, 0.2) is 18.1 Å². The van der Waals surface area contributed by atoms with Gasteiger partial charge in [-0.25, -0.2) is 0 Å². The van der Waals surface area contributed by atoms with E-state index in [2.05, 4.69) is 26.6 Å². The summed E-state index contributed by atoms with van der Waals surface area (Å²) >= 11 is 22.1. The summed E-state index contributed by atoms with van der Waals surface area (Å²) in [5, 5.41) is 7.58. The third-order valence-electron chi connectivity index (χ3n) is 4.59. The number of rotatable bonds is 9. The van der Waals surface area contributed by atoms with Crippen LogP contribution in [0.5, 0.6) is 11.5 Å². The van der Waals surface area contributed by atoms with E-state index in [1.54, 1.807) is 18.2 Å². The van der Waals surface area contributed by atoms with Crippen LogP contribution in [0.25, 0.3) is 0 Å². The molecule has 2 N–H and O–H groups in total. The number of carbonyl (C=O) groups is 1. The van der Waals surface area contributed by atoms with E-state index >= 15 is 0 Å². The largest absolute Gasteiger partial charge is 0.490 e. The van der Waals surface area contributed by atoms with Crippen LogP contribution in [0.3, 0.4) is 0 Å². The van der Waals surface area contributed by atoms with Gasteiger partial charge in [0.05, 0.1) is 16.7 Å². The Hall–Kier alpha value is -2.12. The van der Waals surface area contributed by atoms with E-state index in [0.29, 0.717) is 45.4 Å². The third kappa shape index (κ3) is 7.18. The molecule has 5 nitrogen and oxygen atoms in total. The lowest BCUT2D eigenvalue weighted by atomic mass is 10.2. The van der Waals surface area contributed by atoms with Crippen molar-refractivity contribution in [1.82, 2.24) is 0 Å². The minimum Gasteiger partial charge on any atom is -0.490 e. The molecule has 3 aromatic carbocycles. The minimum atomic E-state index is -0.341. The highest BCUT2D eigenvalue weighted by Gasteiger charge is 2.15. The van der Waals surface area contributed by atoms with Gasteiger partial charge in [0.1, 0.15) is 0 Å². The van der Waals surface area contributed by atoms with Gasteiger partial charge in [-0.3, -0.25) is 4.79 Å². The van der Waals surface area contributed by atoms with E-state index < -0.39 is 0 Å². The van der Waals surface area contributed by atoms with Gasteiger partial charge in [-0.15, -0.1) is 0 Å². The second-order valence-electron chi connectivity index (χ2n) is 7.12. The summed E-state index contributed by atoms with van der Waals surface area (Å²) in [6, 6.07) is 14.5. The maximum absolute atomic E-state index is 12.4. The first-order valence-electron chi connectivity index (χ1n) is 10.1. The van der Waals surface area contributed by atoms with E-state index in [4.69, 9.17) is 44.3 Å². The molecule has 3 aromatic rings. The first-order chi connectivity index (χ1) is 15.8. The fraction of sp³-hybridized carbons (Fsp3) is 0.208. The van der Waals surface area contributed by atoms with E-state index in [9.17, 15) is 4.79 Å². The molecule has 33 heavy (non-hydrogen) atoms. The van der Waals surface area contributed by atoms with Crippen molar-refractivity contribution in [2.45, 2.75) is 20.4 Å². The highest BCUT2D eigenvalue weighted by molar-refractivity contribution is 9.10. The Morgan fingerprint density at radius 1 is 0.939 bits per heavy atom. The van der Waals surface area contributed by atoms with Crippen LogP contribution in [0.2, 0.25) is 15.1 Å². The molecular formula is C24H22BrCl3N2O3. The molecule has 9 heteroatoms. The monoisotopic (exact) mass is 570 g/mol. The Morgan fingerprint density at radius 2 is 1.67 bits per heavy atom. The number of nitrogens with one attached hydrogen (secondary N) is 2. The number of hydrogen-bond acceptors (Lipinski definition) is 4. The maximum Gasteiger partial charge on any atom is 0.262 e. The molecule has 1 amide bonds. The highest BCUT2D eigenvalue weighted by Crippen LogP contribution is 2.37. The molecule has 0 unspecified atom stereocenters. The highest BCUT2D eigenvalue weighted by atomic mass is 79.9. The Balaban J connectivity index is 1.67. The molecule has 0 aliphatic heterocycles. The maximum atomic E-state index is 12.4. The molecule has 3 rings (SSSR count). The Labute approximate surface area is 216 Å². The quantitative estimate of drug-likeness (QED) is 0.275. The summed E-state index contributed by atoms with van der Waals surface area (Å²) in [6.07, 6.45) is 0. The topological polar surface area (TPSA) is 59.6 Å². The molecule has 0 heterocycles. The second kappa shape index (κ2) is 11.8. The van der Waals surface area contributed by atoms with Gasteiger partial charge in [0, 0.05) is 27.4 Å². The van der Waals surface area contributed by atoms with Crippen molar-refractivity contribution >= 4 is 68.0 Å². The fourth-order valence-corrected chi connectivity index (χ4v) is 3.84. The lowest BCUT2D eigenvalue weighted by molar-refractivity contribution is -0.118. The minimum absolute atomic E-state index is 0.236. The first kappa shape index (κ1) is 25.5. The molecule has 0 saturated heterocycles. The predicted octanol–water partition coefficient (Wildman–Crippen LogP) is 7.75. The van der Waals surface area contributed by atoms with Crippen molar-refractivity contribution in [3.05, 3.63) is 79.2 Å². The molecule has 0 radical (unpaired) electrons. The average Bonchev–Trinajstić information content (AvgIpc) is 2.77. The number of benzene rings is 3. The summed E-state index contributed by atoms with van der Waals surface area (Å²) < 4.78 is 12.2. The molecule has 0 fully saturated rings. The van der Waals surface area contributed by atoms with Crippen LogP contribution in [0.4, 0.5) is 11.4 Å². The second-order valence-corrected chi connectivity index (χ2v) is 9.20. The third-order valence-corrected chi connectivity index (χ3v) is 6.51. The molecule has 0 aliphatic carbocycles. The van der Waals surface area contributed by atoms with Crippen LogP contribution in [0, 0.1) is 6.92 Å². The van der Waals surface area contributed by atoms with Crippen LogP contribution < -0.4 is 20.1 Å². The van der Waals surface area contributed by atoms with Crippen molar-refractivity contribution < 1.29 is 14.3 Å². The van der Waals surface area contributed by atoms with E-state index in [1.807, 2.05) is 44.2 Å². The molecule has 174 valence electrons. The van der Waals surface area contributed by atoms with E-state index in [1.165, 1.54) is 0 Å². The van der Waals surface area contributed by atoms with Crippen LogP contribution in [0.1, 0.15) is 18.1 Å². The first-order valence-corrected chi connectivity index (χ1v) is 12.0. The van der Waals surface area contributed by atoms with Crippen molar-refractivity contribution in [3.63, 3.8) is 0 Å². The number of halogens is 4. The van der Waals surface area contributed by atoms with Crippen LogP contribution in [-0.2, 0) is 11.3 Å². The normalized spacial score (nSPS) is 10.6. The van der Waals surface area contributed by atoms with Gasteiger partial charge < -0.3 is 20.1 Å². The van der Waals surface area contributed by atoms with Crippen molar-refractivity contribution in [2.24, 2.45) is 0 Å². The number of amides is 1. The van der Waals surface area contributed by atoms with Gasteiger partial charge in [0.25, 0.3) is 5.91 Å². The number of carbonyl (C=O) groups excluding carboxylic acids is 1. The van der Waals surface area contributed by atoms with E-state index in [-0.39, 0.29) is 12.5 Å². The fourth-order valence-electron chi connectivity index (χ4n) is 2.94. The Kier molecular flexibility index (Phi) is 9.15. The molecule has 0 spiro atoms. The van der Waals surface area contributed by atoms with Crippen LogP contribution >= 0.6 is 50.7 Å². The average molecular weight is 573 g/mol. The van der Waals surface area contributed by atoms with Gasteiger partial charge >= 0.3 is 0 Å². The summed E-state index contributed by atoms with van der Waals surface area (Å²) in [7, 11) is 0. The zero-order chi connectivity index (χ0) is 24.0. The smallest absolute Gasteiger partial charge is 0.262 e. The van der Waals surface area contributed by atoms with Gasteiger partial charge in [-0.2, -0.15) is 0 Å². The number of hydrogen-bond donors (Lipinski definition) is 2. The number of ether oxygens (including phenoxy) is 2. The molecule has 0 bridgehead atoms. The summed E-state index contributed by atoms with van der Waals surface area (Å²) in [5.41, 5.74) is 3.26. The van der Waals surface area contributed by atoms with Crippen molar-refractivity contribution in [3.8, 4) is 11.5 Å². The predicted molar refractivity (Wildman–Crippen MR) is 139 cm³/mol. The van der Waals surface area contributed by atoms with Gasteiger partial charge in [0.2, 0.25) is 0 Å². The molecule has 0 atom stereocenters. The molecule has 0 aliphatic rings.